The van der Waals surface area contributed by atoms with Crippen LogP contribution in [0.25, 0.3) is 0 Å². The quantitative estimate of drug-likeness (QED) is 0.780. The van der Waals surface area contributed by atoms with Crippen molar-refractivity contribution < 1.29 is 9.47 Å². The molecule has 6 nitrogen and oxygen atoms in total. The summed E-state index contributed by atoms with van der Waals surface area (Å²) in [7, 11) is 0. The van der Waals surface area contributed by atoms with Crippen molar-refractivity contribution in [2.45, 2.75) is 26.8 Å². The summed E-state index contributed by atoms with van der Waals surface area (Å²) in [5.74, 6) is 2.29. The highest BCUT2D eigenvalue weighted by Crippen LogP contribution is 2.32. The minimum absolute atomic E-state index is 0.0487. The molecule has 1 unspecified atom stereocenters. The van der Waals surface area contributed by atoms with Crippen molar-refractivity contribution in [1.82, 2.24) is 20.5 Å². The summed E-state index contributed by atoms with van der Waals surface area (Å²) in [6.07, 6.45) is 1.51. The fourth-order valence-electron chi connectivity index (χ4n) is 2.18. The second kappa shape index (κ2) is 7.64. The summed E-state index contributed by atoms with van der Waals surface area (Å²) < 4.78 is 11.3. The second-order valence-electron chi connectivity index (χ2n) is 4.43. The highest BCUT2D eigenvalue weighted by Gasteiger charge is 2.18. The number of hydrogen-bond donors (Lipinski definition) is 2. The lowest BCUT2D eigenvalue weighted by molar-refractivity contribution is 0.287. The molecule has 1 heterocycles. The maximum Gasteiger partial charge on any atom is 0.161 e. The molecule has 0 radical (unpaired) electrons. The van der Waals surface area contributed by atoms with Crippen LogP contribution in [0.15, 0.2) is 24.5 Å². The zero-order valence-corrected chi connectivity index (χ0v) is 12.7. The molecular formula is C15H22N4O2. The molecular weight excluding hydrogens is 268 g/mol. The van der Waals surface area contributed by atoms with Crippen molar-refractivity contribution in [2.75, 3.05) is 19.8 Å². The average molecular weight is 290 g/mol. The van der Waals surface area contributed by atoms with Crippen molar-refractivity contribution >= 4 is 0 Å². The molecule has 114 valence electrons. The predicted molar refractivity (Wildman–Crippen MR) is 80.7 cm³/mol. The highest BCUT2D eigenvalue weighted by molar-refractivity contribution is 5.45. The van der Waals surface area contributed by atoms with E-state index in [1.54, 1.807) is 0 Å². The van der Waals surface area contributed by atoms with Crippen LogP contribution in [-0.4, -0.2) is 34.9 Å². The number of hydrogen-bond acceptors (Lipinski definition) is 5. The number of ether oxygens (including phenoxy) is 2. The van der Waals surface area contributed by atoms with Crippen molar-refractivity contribution in [3.8, 4) is 11.5 Å². The zero-order valence-electron chi connectivity index (χ0n) is 12.7. The minimum atomic E-state index is -0.0487. The first kappa shape index (κ1) is 15.3. The van der Waals surface area contributed by atoms with Crippen LogP contribution in [-0.2, 0) is 0 Å². The Kier molecular flexibility index (Phi) is 5.57. The normalized spacial score (nSPS) is 12.1. The van der Waals surface area contributed by atoms with Crippen LogP contribution in [0.2, 0.25) is 0 Å². The molecule has 2 rings (SSSR count). The van der Waals surface area contributed by atoms with Crippen molar-refractivity contribution in [2.24, 2.45) is 0 Å². The second-order valence-corrected chi connectivity index (χ2v) is 4.43. The molecule has 0 saturated heterocycles. The number of nitrogens with one attached hydrogen (secondary N) is 2. The van der Waals surface area contributed by atoms with Gasteiger partial charge in [0, 0.05) is 0 Å². The molecule has 6 heteroatoms. The van der Waals surface area contributed by atoms with Crippen LogP contribution in [0.5, 0.6) is 11.5 Å². The van der Waals surface area contributed by atoms with E-state index in [1.807, 2.05) is 32.0 Å². The number of H-pyrrole nitrogens is 1. The zero-order chi connectivity index (χ0) is 15.1. The van der Waals surface area contributed by atoms with Crippen LogP contribution < -0.4 is 14.8 Å². The van der Waals surface area contributed by atoms with E-state index >= 15 is 0 Å². The topological polar surface area (TPSA) is 72.1 Å². The molecule has 2 aromatic rings. The van der Waals surface area contributed by atoms with Crippen molar-refractivity contribution in [1.29, 1.82) is 0 Å². The lowest BCUT2D eigenvalue weighted by Crippen LogP contribution is -2.23. The summed E-state index contributed by atoms with van der Waals surface area (Å²) in [6, 6.07) is 5.89. The third-order valence-electron chi connectivity index (χ3n) is 3.02. The molecule has 0 spiro atoms. The Bertz CT molecular complexity index is 543. The average Bonchev–Trinajstić information content (AvgIpc) is 3.01. The molecule has 1 aromatic carbocycles. The molecule has 0 saturated carbocycles. The first-order chi connectivity index (χ1) is 10.3. The van der Waals surface area contributed by atoms with E-state index < -0.39 is 0 Å². The third kappa shape index (κ3) is 3.72. The maximum absolute atomic E-state index is 5.68. The Morgan fingerprint density at radius 2 is 1.90 bits per heavy atom. The van der Waals surface area contributed by atoms with Crippen LogP contribution in [0.1, 0.15) is 38.2 Å². The van der Waals surface area contributed by atoms with Gasteiger partial charge in [-0.15, -0.1) is 0 Å². The van der Waals surface area contributed by atoms with E-state index in [0.29, 0.717) is 13.2 Å². The van der Waals surface area contributed by atoms with E-state index in [1.165, 1.54) is 6.33 Å². The minimum Gasteiger partial charge on any atom is -0.490 e. The summed E-state index contributed by atoms with van der Waals surface area (Å²) in [5.41, 5.74) is 1.06. The van der Waals surface area contributed by atoms with Gasteiger partial charge in [0.05, 0.1) is 19.3 Å². The van der Waals surface area contributed by atoms with Gasteiger partial charge in [0.2, 0.25) is 0 Å². The van der Waals surface area contributed by atoms with Crippen LogP contribution in [0.3, 0.4) is 0 Å². The molecule has 0 fully saturated rings. The molecule has 0 aliphatic carbocycles. The predicted octanol–water partition coefficient (Wildman–Crippen LogP) is 2.30. The Morgan fingerprint density at radius 3 is 2.52 bits per heavy atom. The molecule has 0 amide bonds. The Labute approximate surface area is 124 Å². The summed E-state index contributed by atoms with van der Waals surface area (Å²) in [6.45, 7) is 8.00. The molecule has 1 aromatic heterocycles. The Morgan fingerprint density at radius 1 is 1.14 bits per heavy atom. The van der Waals surface area contributed by atoms with Gasteiger partial charge in [-0.1, -0.05) is 13.0 Å². The molecule has 21 heavy (non-hydrogen) atoms. The van der Waals surface area contributed by atoms with Gasteiger partial charge in [-0.25, -0.2) is 4.98 Å². The molecule has 1 atom stereocenters. The van der Waals surface area contributed by atoms with Gasteiger partial charge in [-0.3, -0.25) is 5.10 Å². The van der Waals surface area contributed by atoms with Crippen LogP contribution >= 0.6 is 0 Å². The summed E-state index contributed by atoms with van der Waals surface area (Å²) in [5, 5.41) is 10.2. The van der Waals surface area contributed by atoms with Gasteiger partial charge in [0.25, 0.3) is 0 Å². The van der Waals surface area contributed by atoms with E-state index in [2.05, 4.69) is 27.4 Å². The van der Waals surface area contributed by atoms with Gasteiger partial charge < -0.3 is 14.8 Å². The van der Waals surface area contributed by atoms with Gasteiger partial charge in [0.1, 0.15) is 12.2 Å². The van der Waals surface area contributed by atoms with Crippen molar-refractivity contribution in [3.63, 3.8) is 0 Å². The Balaban J connectivity index is 2.34. The van der Waals surface area contributed by atoms with Gasteiger partial charge in [-0.05, 0) is 38.1 Å². The van der Waals surface area contributed by atoms with E-state index in [-0.39, 0.29) is 6.04 Å². The number of aromatic nitrogens is 3. The van der Waals surface area contributed by atoms with Gasteiger partial charge >= 0.3 is 0 Å². The van der Waals surface area contributed by atoms with Crippen LogP contribution in [0, 0.1) is 0 Å². The van der Waals surface area contributed by atoms with E-state index in [0.717, 1.165) is 29.4 Å². The summed E-state index contributed by atoms with van der Waals surface area (Å²) in [4.78, 5) is 4.24. The number of nitrogens with zero attached hydrogens (tertiary/aromatic N) is 2. The molecule has 0 aliphatic heterocycles. The van der Waals surface area contributed by atoms with Gasteiger partial charge in [0.15, 0.2) is 11.5 Å². The fourth-order valence-corrected chi connectivity index (χ4v) is 2.18. The maximum atomic E-state index is 5.68. The van der Waals surface area contributed by atoms with Crippen molar-refractivity contribution in [3.05, 3.63) is 35.9 Å². The number of rotatable bonds is 8. The lowest BCUT2D eigenvalue weighted by Gasteiger charge is -2.18. The SMILES string of the molecule is CCNC(c1ccc(OCC)c(OCC)c1)c1ncn[nH]1. The first-order valence-electron chi connectivity index (χ1n) is 7.28. The number of benzene rings is 1. The fraction of sp³-hybridized carbons (Fsp3) is 0.467. The highest BCUT2D eigenvalue weighted by atomic mass is 16.5. The van der Waals surface area contributed by atoms with Gasteiger partial charge in [-0.2, -0.15) is 5.10 Å². The van der Waals surface area contributed by atoms with E-state index in [4.69, 9.17) is 9.47 Å². The molecule has 0 aliphatic rings. The molecule has 2 N–H and O–H groups in total. The Hall–Kier alpha value is -2.08. The summed E-state index contributed by atoms with van der Waals surface area (Å²) >= 11 is 0. The smallest absolute Gasteiger partial charge is 0.161 e. The molecule has 0 bridgehead atoms. The standard InChI is InChI=1S/C15H22N4O2/c1-4-16-14(15-17-10-18-19-15)11-7-8-12(20-5-2)13(9-11)21-6-3/h7-10,14,16H,4-6H2,1-3H3,(H,17,18,19). The lowest BCUT2D eigenvalue weighted by atomic mass is 10.1. The monoisotopic (exact) mass is 290 g/mol. The van der Waals surface area contributed by atoms with Crippen LogP contribution in [0.4, 0.5) is 0 Å². The largest absolute Gasteiger partial charge is 0.490 e. The third-order valence-corrected chi connectivity index (χ3v) is 3.02. The van der Waals surface area contributed by atoms with E-state index in [9.17, 15) is 0 Å². The first-order valence-corrected chi connectivity index (χ1v) is 7.28. The number of aromatic amines is 1.